The van der Waals surface area contributed by atoms with E-state index in [-0.39, 0.29) is 5.91 Å². The summed E-state index contributed by atoms with van der Waals surface area (Å²) in [6.07, 6.45) is 4.15. The summed E-state index contributed by atoms with van der Waals surface area (Å²) in [5, 5.41) is 6.77. The number of benzene rings is 2. The van der Waals surface area contributed by atoms with Gasteiger partial charge in [-0.15, -0.1) is 0 Å². The molecule has 2 aromatic heterocycles. The minimum absolute atomic E-state index is 0.293. The van der Waals surface area contributed by atoms with Gasteiger partial charge in [-0.1, -0.05) is 12.6 Å². The van der Waals surface area contributed by atoms with Crippen molar-refractivity contribution in [3.8, 4) is 11.6 Å². The number of aromatic amines is 1. The fourth-order valence-electron chi connectivity index (χ4n) is 4.66. The number of hydrogen-bond donors (Lipinski definition) is 3. The first-order valence-corrected chi connectivity index (χ1v) is 12.9. The summed E-state index contributed by atoms with van der Waals surface area (Å²) >= 11 is 0. The third kappa shape index (κ3) is 6.36. The predicted octanol–water partition coefficient (Wildman–Crippen LogP) is 4.78. The first-order valence-electron chi connectivity index (χ1n) is 12.9. The molecular weight excluding hydrogens is 494 g/mol. The Morgan fingerprint density at radius 3 is 2.85 bits per heavy atom. The number of rotatable bonds is 11. The van der Waals surface area contributed by atoms with Gasteiger partial charge >= 0.3 is 0 Å². The van der Waals surface area contributed by atoms with E-state index in [9.17, 15) is 4.79 Å². The van der Waals surface area contributed by atoms with Crippen LogP contribution in [0.15, 0.2) is 73.4 Å². The van der Waals surface area contributed by atoms with E-state index in [1.54, 1.807) is 37.6 Å². The summed E-state index contributed by atoms with van der Waals surface area (Å²) in [5.74, 6) is 1.04. The minimum atomic E-state index is -0.293. The molecule has 0 spiro atoms. The van der Waals surface area contributed by atoms with E-state index in [0.717, 1.165) is 49.4 Å². The zero-order valence-electron chi connectivity index (χ0n) is 22.2. The highest BCUT2D eigenvalue weighted by molar-refractivity contribution is 5.99. The average Bonchev–Trinajstić information content (AvgIpc) is 3.62. The predicted molar refractivity (Wildman–Crippen MR) is 154 cm³/mol. The maximum Gasteiger partial charge on any atom is 0.247 e. The third-order valence-electron chi connectivity index (χ3n) is 6.82. The first kappa shape index (κ1) is 26.2. The molecular formula is C29H33N7O3. The summed E-state index contributed by atoms with van der Waals surface area (Å²) in [6.45, 7) is 7.35. The lowest BCUT2D eigenvalue weighted by Crippen LogP contribution is -2.35. The molecule has 1 aliphatic rings. The molecule has 1 aliphatic heterocycles. The smallest absolute Gasteiger partial charge is 0.247 e. The maximum absolute atomic E-state index is 11.7. The standard InChI is InChI=1S/C29H33N7O3/c1-4-26(37)31-21-6-5-7-24(18-21)39-28-25-12-14-30-27(25)33-29(34-28)32-20-8-10-22(11-9-20)35(2)23-13-15-36(19-23)16-17-38-3/h4-12,14,18,23H,1,13,15-17,19H2,2-3H3,(H,31,37)(H2,30,32,33,34)/t23-/m1/s1. The van der Waals surface area contributed by atoms with Gasteiger partial charge in [0, 0.05) is 69.2 Å². The minimum Gasteiger partial charge on any atom is -0.438 e. The molecule has 0 bridgehead atoms. The lowest BCUT2D eigenvalue weighted by Gasteiger charge is -2.27. The van der Waals surface area contributed by atoms with Crippen LogP contribution in [0.4, 0.5) is 23.0 Å². The van der Waals surface area contributed by atoms with Gasteiger partial charge in [-0.2, -0.15) is 9.97 Å². The second-order valence-corrected chi connectivity index (χ2v) is 9.43. The zero-order chi connectivity index (χ0) is 27.2. The van der Waals surface area contributed by atoms with Crippen molar-refractivity contribution < 1.29 is 14.3 Å². The van der Waals surface area contributed by atoms with Gasteiger partial charge in [0.05, 0.1) is 12.0 Å². The molecule has 1 atom stereocenters. The normalized spacial score (nSPS) is 15.3. The number of H-pyrrole nitrogens is 1. The molecule has 202 valence electrons. The van der Waals surface area contributed by atoms with E-state index in [4.69, 9.17) is 9.47 Å². The molecule has 10 nitrogen and oxygen atoms in total. The Balaban J connectivity index is 1.28. The Labute approximate surface area is 227 Å². The quantitative estimate of drug-likeness (QED) is 0.239. The molecule has 0 radical (unpaired) electrons. The van der Waals surface area contributed by atoms with Gasteiger partial charge < -0.3 is 30.0 Å². The number of fused-ring (bicyclic) bond motifs is 1. The van der Waals surface area contributed by atoms with E-state index in [0.29, 0.717) is 35.0 Å². The molecule has 3 N–H and O–H groups in total. The summed E-state index contributed by atoms with van der Waals surface area (Å²) in [5.41, 5.74) is 3.27. The molecule has 2 aromatic carbocycles. The molecule has 4 aromatic rings. The Bertz CT molecular complexity index is 1440. The summed E-state index contributed by atoms with van der Waals surface area (Å²) in [4.78, 5) is 28.8. The Morgan fingerprint density at radius 1 is 1.21 bits per heavy atom. The summed E-state index contributed by atoms with van der Waals surface area (Å²) in [6, 6.07) is 17.7. The largest absolute Gasteiger partial charge is 0.438 e. The van der Waals surface area contributed by atoms with Crippen LogP contribution in [0.1, 0.15) is 6.42 Å². The number of amides is 1. The highest BCUT2D eigenvalue weighted by Crippen LogP contribution is 2.31. The third-order valence-corrected chi connectivity index (χ3v) is 6.82. The monoisotopic (exact) mass is 527 g/mol. The molecule has 5 rings (SSSR count). The van der Waals surface area contributed by atoms with Crippen LogP contribution in [0.25, 0.3) is 11.0 Å². The van der Waals surface area contributed by atoms with Gasteiger partial charge in [-0.05, 0) is 55.0 Å². The van der Waals surface area contributed by atoms with Crippen molar-refractivity contribution in [3.05, 3.63) is 73.4 Å². The summed E-state index contributed by atoms with van der Waals surface area (Å²) in [7, 11) is 3.90. The molecule has 39 heavy (non-hydrogen) atoms. The molecule has 0 aliphatic carbocycles. The number of likely N-dealkylation sites (tertiary alicyclic amines) is 1. The van der Waals surface area contributed by atoms with E-state index >= 15 is 0 Å². The fourth-order valence-corrected chi connectivity index (χ4v) is 4.66. The van der Waals surface area contributed by atoms with Gasteiger partial charge in [-0.25, -0.2) is 0 Å². The summed E-state index contributed by atoms with van der Waals surface area (Å²) < 4.78 is 11.3. The second kappa shape index (κ2) is 12.0. The van der Waals surface area contributed by atoms with E-state index in [1.165, 1.54) is 6.08 Å². The highest BCUT2D eigenvalue weighted by atomic mass is 16.5. The number of carbonyl (C=O) groups is 1. The Kier molecular flexibility index (Phi) is 8.04. The number of nitrogens with zero attached hydrogens (tertiary/aromatic N) is 4. The van der Waals surface area contributed by atoms with Crippen LogP contribution in [0.2, 0.25) is 0 Å². The van der Waals surface area contributed by atoms with Crippen LogP contribution in [0.3, 0.4) is 0 Å². The van der Waals surface area contributed by atoms with Crippen molar-refractivity contribution in [2.45, 2.75) is 12.5 Å². The number of methoxy groups -OCH3 is 1. The molecule has 1 amide bonds. The molecule has 0 unspecified atom stereocenters. The van der Waals surface area contributed by atoms with E-state index < -0.39 is 0 Å². The molecule has 1 saturated heterocycles. The van der Waals surface area contributed by atoms with Crippen molar-refractivity contribution in [2.24, 2.45) is 0 Å². The first-order chi connectivity index (χ1) is 19.0. The lowest BCUT2D eigenvalue weighted by atomic mass is 10.2. The van der Waals surface area contributed by atoms with E-state index in [2.05, 4.69) is 61.1 Å². The maximum atomic E-state index is 11.7. The number of hydrogen-bond acceptors (Lipinski definition) is 8. The van der Waals surface area contributed by atoms with Gasteiger partial charge in [0.1, 0.15) is 11.4 Å². The van der Waals surface area contributed by atoms with Crippen molar-refractivity contribution in [2.75, 3.05) is 55.9 Å². The van der Waals surface area contributed by atoms with Crippen molar-refractivity contribution in [1.29, 1.82) is 0 Å². The second-order valence-electron chi connectivity index (χ2n) is 9.43. The Morgan fingerprint density at radius 2 is 2.05 bits per heavy atom. The molecule has 1 fully saturated rings. The van der Waals surface area contributed by atoms with Crippen LogP contribution in [0.5, 0.6) is 11.6 Å². The molecule has 0 saturated carbocycles. The van der Waals surface area contributed by atoms with Crippen molar-refractivity contribution in [3.63, 3.8) is 0 Å². The average molecular weight is 528 g/mol. The highest BCUT2D eigenvalue weighted by Gasteiger charge is 2.25. The van der Waals surface area contributed by atoms with Crippen molar-refractivity contribution >= 4 is 40.0 Å². The molecule has 10 heteroatoms. The Hall–Kier alpha value is -4.41. The van der Waals surface area contributed by atoms with Gasteiger partial charge in [0.2, 0.25) is 17.7 Å². The van der Waals surface area contributed by atoms with Crippen LogP contribution >= 0.6 is 0 Å². The number of aromatic nitrogens is 3. The van der Waals surface area contributed by atoms with Gasteiger partial charge in [-0.3, -0.25) is 9.69 Å². The van der Waals surface area contributed by atoms with Crippen LogP contribution in [-0.4, -0.2) is 72.2 Å². The fraction of sp³-hybridized carbons (Fsp3) is 0.276. The number of ether oxygens (including phenoxy) is 2. The number of nitrogens with one attached hydrogen (secondary N) is 3. The van der Waals surface area contributed by atoms with E-state index in [1.807, 2.05) is 18.2 Å². The van der Waals surface area contributed by atoms with Gasteiger partial charge in [0.25, 0.3) is 0 Å². The zero-order valence-corrected chi connectivity index (χ0v) is 22.2. The van der Waals surface area contributed by atoms with Gasteiger partial charge in [0.15, 0.2) is 0 Å². The topological polar surface area (TPSA) is 108 Å². The van der Waals surface area contributed by atoms with Crippen LogP contribution < -0.4 is 20.3 Å². The van der Waals surface area contributed by atoms with Crippen LogP contribution in [-0.2, 0) is 9.53 Å². The molecule has 3 heterocycles. The number of carbonyl (C=O) groups excluding carboxylic acids is 1. The van der Waals surface area contributed by atoms with Crippen LogP contribution in [0, 0.1) is 0 Å². The lowest BCUT2D eigenvalue weighted by molar-refractivity contribution is -0.111. The number of likely N-dealkylation sites (N-methyl/N-ethyl adjacent to an activating group) is 1. The number of anilines is 4. The van der Waals surface area contributed by atoms with Crippen molar-refractivity contribution in [1.82, 2.24) is 19.9 Å². The SMILES string of the molecule is C=CC(=O)Nc1cccc(Oc2nc(Nc3ccc(N(C)[C@@H]4CCN(CCOC)C4)cc3)nc3[nH]ccc23)c1.